The summed E-state index contributed by atoms with van der Waals surface area (Å²) in [5.41, 5.74) is 0. The summed E-state index contributed by atoms with van der Waals surface area (Å²) in [5, 5.41) is 17.6. The van der Waals surface area contributed by atoms with E-state index < -0.39 is 23.4 Å². The van der Waals surface area contributed by atoms with Crippen molar-refractivity contribution in [2.75, 3.05) is 6.61 Å². The fourth-order valence-corrected chi connectivity index (χ4v) is 3.23. The van der Waals surface area contributed by atoms with Gasteiger partial charge in [-0.15, -0.1) is 0 Å². The fourth-order valence-electron chi connectivity index (χ4n) is 3.23. The number of phenols is 1. The lowest BCUT2D eigenvalue weighted by Crippen LogP contribution is -2.21. The molecular formula is C21H32F2O4. The van der Waals surface area contributed by atoms with E-state index in [9.17, 15) is 13.6 Å². The number of halogens is 2. The minimum atomic E-state index is -1.27. The van der Waals surface area contributed by atoms with Gasteiger partial charge in [-0.05, 0) is 50.2 Å². The van der Waals surface area contributed by atoms with Crippen LogP contribution in [0, 0.1) is 23.5 Å². The number of unbranched alkanes of at least 4 members (excludes halogenated alkanes) is 2. The summed E-state index contributed by atoms with van der Waals surface area (Å²) in [6.07, 6.45) is 10.1. The molecule has 0 unspecified atom stereocenters. The fraction of sp³-hybridized carbons (Fsp3) is 0.667. The van der Waals surface area contributed by atoms with E-state index in [1.807, 2.05) is 6.92 Å². The molecule has 2 rings (SSSR count). The molecular weight excluding hydrogens is 354 g/mol. The first-order valence-corrected chi connectivity index (χ1v) is 9.93. The van der Waals surface area contributed by atoms with E-state index in [2.05, 4.69) is 6.92 Å². The van der Waals surface area contributed by atoms with Crippen LogP contribution >= 0.6 is 0 Å². The summed E-state index contributed by atoms with van der Waals surface area (Å²) >= 11 is 0. The summed E-state index contributed by atoms with van der Waals surface area (Å²) in [6, 6.07) is 2.26. The van der Waals surface area contributed by atoms with Crippen molar-refractivity contribution in [3.05, 3.63) is 23.8 Å². The van der Waals surface area contributed by atoms with Crippen molar-refractivity contribution >= 4 is 5.97 Å². The Kier molecular flexibility index (Phi) is 10.8. The molecule has 0 heterocycles. The summed E-state index contributed by atoms with van der Waals surface area (Å²) in [7, 11) is 0. The minimum Gasteiger partial charge on any atom is -0.505 e. The molecule has 4 nitrogen and oxygen atoms in total. The van der Waals surface area contributed by atoms with Crippen LogP contribution in [0.15, 0.2) is 12.1 Å². The highest BCUT2D eigenvalue weighted by Gasteiger charge is 2.25. The van der Waals surface area contributed by atoms with Crippen molar-refractivity contribution in [2.24, 2.45) is 11.8 Å². The van der Waals surface area contributed by atoms with E-state index in [1.54, 1.807) is 0 Å². The van der Waals surface area contributed by atoms with Crippen LogP contribution in [0.3, 0.4) is 0 Å². The molecule has 0 amide bonds. The highest BCUT2D eigenvalue weighted by atomic mass is 19.2. The quantitative estimate of drug-likeness (QED) is 0.545. The van der Waals surface area contributed by atoms with Gasteiger partial charge in [-0.3, -0.25) is 4.79 Å². The molecule has 1 aliphatic rings. The molecule has 0 aliphatic heterocycles. The number of carboxylic acid groups (broad SMARTS) is 1. The van der Waals surface area contributed by atoms with E-state index in [-0.39, 0.29) is 11.7 Å². The van der Waals surface area contributed by atoms with Crippen LogP contribution in [0.5, 0.6) is 11.5 Å². The zero-order valence-electron chi connectivity index (χ0n) is 16.3. The lowest BCUT2D eigenvalue weighted by Gasteiger charge is -2.25. The Morgan fingerprint density at radius 3 is 2.30 bits per heavy atom. The number of carbonyl (C=O) groups is 1. The van der Waals surface area contributed by atoms with Crippen LogP contribution in [0.1, 0.15) is 71.6 Å². The average molecular weight is 386 g/mol. The number of rotatable bonds is 8. The molecule has 1 saturated carbocycles. The summed E-state index contributed by atoms with van der Waals surface area (Å²) in [4.78, 5) is 10.7. The normalized spacial score (nSPS) is 19.1. The third-order valence-corrected chi connectivity index (χ3v) is 4.90. The van der Waals surface area contributed by atoms with Gasteiger partial charge in [0.15, 0.2) is 11.5 Å². The van der Waals surface area contributed by atoms with Crippen molar-refractivity contribution in [1.29, 1.82) is 0 Å². The average Bonchev–Trinajstić information content (AvgIpc) is 2.67. The van der Waals surface area contributed by atoms with E-state index in [0.717, 1.165) is 37.7 Å². The van der Waals surface area contributed by atoms with Gasteiger partial charge in [0.25, 0.3) is 0 Å². The Morgan fingerprint density at radius 2 is 1.74 bits per heavy atom. The Bertz CT molecular complexity index is 570. The topological polar surface area (TPSA) is 66.8 Å². The molecule has 1 fully saturated rings. The van der Waals surface area contributed by atoms with Gasteiger partial charge in [0.05, 0.1) is 12.5 Å². The molecule has 1 aromatic rings. The molecule has 154 valence electrons. The number of phenolic OH excluding ortho intramolecular Hbond substituents is 1. The van der Waals surface area contributed by atoms with E-state index in [0.29, 0.717) is 13.0 Å². The Morgan fingerprint density at radius 1 is 1.07 bits per heavy atom. The Balaban J connectivity index is 0.000000271. The molecule has 0 bridgehead atoms. The maximum absolute atomic E-state index is 12.9. The first kappa shape index (κ1) is 23.2. The molecule has 2 N–H and O–H groups in total. The lowest BCUT2D eigenvalue weighted by atomic mass is 9.80. The first-order valence-electron chi connectivity index (χ1n) is 9.93. The molecule has 0 saturated heterocycles. The maximum Gasteiger partial charge on any atom is 0.306 e. The van der Waals surface area contributed by atoms with Crippen LogP contribution in [0.25, 0.3) is 0 Å². The standard InChI is InChI=1S/C12H22O2.C9H10F2O2/c1-2-3-4-5-10-6-8-11(9-7-10)12(13)14;1-2-5-13-7-4-3-6(12)8(10)9(7)11/h10-11H,2-9H2,1H3,(H,13,14);3-4,12H,2,5H2,1H3. The van der Waals surface area contributed by atoms with Crippen molar-refractivity contribution < 1.29 is 28.5 Å². The second-order valence-electron chi connectivity index (χ2n) is 7.11. The second kappa shape index (κ2) is 12.5. The second-order valence-corrected chi connectivity index (χ2v) is 7.11. The van der Waals surface area contributed by atoms with Crippen LogP contribution in [0.2, 0.25) is 0 Å². The predicted octanol–water partition coefficient (Wildman–Crippen LogP) is 5.92. The van der Waals surface area contributed by atoms with E-state index in [4.69, 9.17) is 14.9 Å². The monoisotopic (exact) mass is 386 g/mol. The summed E-state index contributed by atoms with van der Waals surface area (Å²) in [5.74, 6) is -3.10. The van der Waals surface area contributed by atoms with Crippen LogP contribution in [-0.2, 0) is 4.79 Å². The van der Waals surface area contributed by atoms with Crippen LogP contribution < -0.4 is 4.74 Å². The van der Waals surface area contributed by atoms with Gasteiger partial charge < -0.3 is 14.9 Å². The van der Waals surface area contributed by atoms with Gasteiger partial charge in [0.1, 0.15) is 0 Å². The molecule has 0 atom stereocenters. The molecule has 1 aromatic carbocycles. The molecule has 27 heavy (non-hydrogen) atoms. The minimum absolute atomic E-state index is 0.0441. The van der Waals surface area contributed by atoms with Crippen molar-refractivity contribution in [1.82, 2.24) is 0 Å². The van der Waals surface area contributed by atoms with Gasteiger partial charge in [-0.25, -0.2) is 0 Å². The highest BCUT2D eigenvalue weighted by molar-refractivity contribution is 5.69. The molecule has 1 aliphatic carbocycles. The molecule has 0 radical (unpaired) electrons. The highest BCUT2D eigenvalue weighted by Crippen LogP contribution is 2.32. The van der Waals surface area contributed by atoms with Gasteiger partial charge in [0, 0.05) is 0 Å². The Hall–Kier alpha value is -1.85. The maximum atomic E-state index is 12.9. The number of hydrogen-bond donors (Lipinski definition) is 2. The van der Waals surface area contributed by atoms with Gasteiger partial charge in [0.2, 0.25) is 11.6 Å². The predicted molar refractivity (Wildman–Crippen MR) is 101 cm³/mol. The van der Waals surface area contributed by atoms with Gasteiger partial charge in [-0.2, -0.15) is 8.78 Å². The zero-order valence-corrected chi connectivity index (χ0v) is 16.3. The third kappa shape index (κ3) is 8.14. The first-order chi connectivity index (χ1) is 12.9. The van der Waals surface area contributed by atoms with Gasteiger partial charge in [-0.1, -0.05) is 39.5 Å². The number of hydrogen-bond acceptors (Lipinski definition) is 3. The third-order valence-electron chi connectivity index (χ3n) is 4.90. The zero-order chi connectivity index (χ0) is 20.2. The van der Waals surface area contributed by atoms with E-state index in [1.165, 1.54) is 31.7 Å². The van der Waals surface area contributed by atoms with Crippen molar-refractivity contribution in [3.8, 4) is 11.5 Å². The number of benzene rings is 1. The summed E-state index contributed by atoms with van der Waals surface area (Å²) in [6.45, 7) is 4.40. The molecule has 6 heteroatoms. The number of carboxylic acids is 1. The van der Waals surface area contributed by atoms with Crippen LogP contribution in [0.4, 0.5) is 8.78 Å². The van der Waals surface area contributed by atoms with Gasteiger partial charge >= 0.3 is 5.97 Å². The smallest absolute Gasteiger partial charge is 0.306 e. The Labute approximate surface area is 160 Å². The number of aromatic hydroxyl groups is 1. The largest absolute Gasteiger partial charge is 0.505 e. The summed E-state index contributed by atoms with van der Waals surface area (Å²) < 4.78 is 30.5. The molecule has 0 spiro atoms. The SMILES string of the molecule is CCCCCC1CCC(C(=O)O)CC1.CCCOc1ccc(O)c(F)c1F. The van der Waals surface area contributed by atoms with Crippen molar-refractivity contribution in [3.63, 3.8) is 0 Å². The number of aliphatic carboxylic acids is 1. The van der Waals surface area contributed by atoms with Crippen molar-refractivity contribution in [2.45, 2.75) is 71.6 Å². The lowest BCUT2D eigenvalue weighted by molar-refractivity contribution is -0.143. The molecule has 0 aromatic heterocycles. The van der Waals surface area contributed by atoms with E-state index >= 15 is 0 Å². The number of ether oxygens (including phenoxy) is 1. The van der Waals surface area contributed by atoms with Crippen LogP contribution in [-0.4, -0.2) is 22.8 Å².